The van der Waals surface area contributed by atoms with Crippen molar-refractivity contribution < 1.29 is 9.53 Å². The van der Waals surface area contributed by atoms with Crippen molar-refractivity contribution in [2.45, 2.75) is 33.2 Å². The summed E-state index contributed by atoms with van der Waals surface area (Å²) in [5, 5.41) is 0. The number of hydrogen-bond acceptors (Lipinski definition) is 3. The number of benzene rings is 2. The highest BCUT2D eigenvalue weighted by atomic mass is 16.5. The van der Waals surface area contributed by atoms with E-state index in [0.717, 1.165) is 11.1 Å². The van der Waals surface area contributed by atoms with Gasteiger partial charge >= 0.3 is 5.97 Å². The van der Waals surface area contributed by atoms with Gasteiger partial charge in [-0.25, -0.2) is 0 Å². The van der Waals surface area contributed by atoms with Gasteiger partial charge in [0.25, 0.3) is 0 Å². The predicted molar refractivity (Wildman–Crippen MR) is 89.7 cm³/mol. The van der Waals surface area contributed by atoms with Crippen LogP contribution in [-0.2, 0) is 9.53 Å². The van der Waals surface area contributed by atoms with Crippen molar-refractivity contribution in [2.24, 2.45) is 5.73 Å². The van der Waals surface area contributed by atoms with Gasteiger partial charge in [-0.1, -0.05) is 35.9 Å². The van der Waals surface area contributed by atoms with E-state index < -0.39 is 0 Å². The Morgan fingerprint density at radius 1 is 1.14 bits per heavy atom. The minimum Gasteiger partial charge on any atom is -0.469 e. The summed E-state index contributed by atoms with van der Waals surface area (Å²) < 4.78 is 4.69. The molecule has 0 unspecified atom stereocenters. The maximum absolute atomic E-state index is 11.4. The van der Waals surface area contributed by atoms with Gasteiger partial charge < -0.3 is 10.5 Å². The molecule has 0 amide bonds. The molecule has 0 aliphatic carbocycles. The van der Waals surface area contributed by atoms with Crippen LogP contribution in [0.1, 0.15) is 34.7 Å². The Bertz CT molecular complexity index is 669. The van der Waals surface area contributed by atoms with E-state index in [2.05, 4.69) is 49.8 Å². The number of methoxy groups -OCH3 is 1. The highest BCUT2D eigenvalue weighted by molar-refractivity contribution is 5.73. The van der Waals surface area contributed by atoms with Crippen LogP contribution in [0.4, 0.5) is 0 Å². The van der Waals surface area contributed by atoms with E-state index in [4.69, 9.17) is 5.73 Å². The van der Waals surface area contributed by atoms with Crippen molar-refractivity contribution >= 4 is 5.97 Å². The van der Waals surface area contributed by atoms with E-state index in [9.17, 15) is 4.79 Å². The first kappa shape index (κ1) is 16.2. The molecule has 1 atom stereocenters. The molecule has 0 fully saturated rings. The summed E-state index contributed by atoms with van der Waals surface area (Å²) in [4.78, 5) is 11.4. The van der Waals surface area contributed by atoms with Gasteiger partial charge in [-0.05, 0) is 54.7 Å². The van der Waals surface area contributed by atoms with E-state index in [-0.39, 0.29) is 18.4 Å². The third kappa shape index (κ3) is 3.55. The van der Waals surface area contributed by atoms with Crippen LogP contribution < -0.4 is 5.73 Å². The van der Waals surface area contributed by atoms with Crippen LogP contribution in [0.5, 0.6) is 0 Å². The molecule has 2 N–H and O–H groups in total. The molecule has 0 bridgehead atoms. The molecule has 2 aromatic carbocycles. The average molecular weight is 297 g/mol. The number of carbonyl (C=O) groups excluding carboxylic acids is 1. The van der Waals surface area contributed by atoms with E-state index in [1.165, 1.54) is 29.4 Å². The maximum atomic E-state index is 11.4. The van der Waals surface area contributed by atoms with Gasteiger partial charge in [0, 0.05) is 6.04 Å². The Morgan fingerprint density at radius 2 is 1.77 bits per heavy atom. The van der Waals surface area contributed by atoms with Gasteiger partial charge in [-0.2, -0.15) is 0 Å². The van der Waals surface area contributed by atoms with Crippen LogP contribution in [0.2, 0.25) is 0 Å². The standard InChI is InChI=1S/C19H23NO2/c1-12-8-13(2)19(14(3)9-12)16-7-5-6-15(10-16)17(20)11-18(21)22-4/h5-10,17H,11,20H2,1-4H3/t17-/m0/s1. The quantitative estimate of drug-likeness (QED) is 0.872. The fraction of sp³-hybridized carbons (Fsp3) is 0.316. The van der Waals surface area contributed by atoms with Gasteiger partial charge in [-0.15, -0.1) is 0 Å². The molecule has 0 aromatic heterocycles. The minimum atomic E-state index is -0.349. The van der Waals surface area contributed by atoms with Crippen molar-refractivity contribution in [3.63, 3.8) is 0 Å². The summed E-state index contributed by atoms with van der Waals surface area (Å²) >= 11 is 0. The van der Waals surface area contributed by atoms with E-state index in [0.29, 0.717) is 0 Å². The number of rotatable bonds is 4. The van der Waals surface area contributed by atoms with Gasteiger partial charge in [0.05, 0.1) is 13.5 Å². The maximum Gasteiger partial charge on any atom is 0.307 e. The SMILES string of the molecule is COC(=O)C[C@H](N)c1cccc(-c2c(C)cc(C)cc2C)c1. The lowest BCUT2D eigenvalue weighted by molar-refractivity contribution is -0.141. The largest absolute Gasteiger partial charge is 0.469 e. The van der Waals surface area contributed by atoms with E-state index in [1.807, 2.05) is 12.1 Å². The monoisotopic (exact) mass is 297 g/mol. The highest BCUT2D eigenvalue weighted by Crippen LogP contribution is 2.30. The topological polar surface area (TPSA) is 52.3 Å². The molecule has 0 aliphatic heterocycles. The molecule has 22 heavy (non-hydrogen) atoms. The molecule has 0 spiro atoms. The molecule has 2 aromatic rings. The lowest BCUT2D eigenvalue weighted by Gasteiger charge is -2.15. The van der Waals surface area contributed by atoms with Crippen molar-refractivity contribution in [3.8, 4) is 11.1 Å². The first-order chi connectivity index (χ1) is 10.4. The molecule has 116 valence electrons. The third-order valence-corrected chi connectivity index (χ3v) is 3.89. The molecule has 2 rings (SSSR count). The Kier molecular flexibility index (Phi) is 4.99. The highest BCUT2D eigenvalue weighted by Gasteiger charge is 2.14. The average Bonchev–Trinajstić information content (AvgIpc) is 2.46. The van der Waals surface area contributed by atoms with Gasteiger partial charge in [-0.3, -0.25) is 4.79 Å². The summed E-state index contributed by atoms with van der Waals surface area (Å²) in [6.45, 7) is 6.35. The minimum absolute atomic E-state index is 0.186. The van der Waals surface area contributed by atoms with Crippen LogP contribution in [0.3, 0.4) is 0 Å². The molecule has 0 saturated heterocycles. The second kappa shape index (κ2) is 6.75. The third-order valence-electron chi connectivity index (χ3n) is 3.89. The van der Waals surface area contributed by atoms with E-state index in [1.54, 1.807) is 0 Å². The van der Waals surface area contributed by atoms with E-state index >= 15 is 0 Å². The molecular weight excluding hydrogens is 274 g/mol. The smallest absolute Gasteiger partial charge is 0.307 e. The van der Waals surface area contributed by atoms with Crippen LogP contribution in [-0.4, -0.2) is 13.1 Å². The van der Waals surface area contributed by atoms with Gasteiger partial charge in [0.2, 0.25) is 0 Å². The molecule has 0 radical (unpaired) electrons. The number of ether oxygens (including phenoxy) is 1. The predicted octanol–water partition coefficient (Wildman–Crippen LogP) is 3.84. The van der Waals surface area contributed by atoms with Crippen LogP contribution in [0.15, 0.2) is 36.4 Å². The Balaban J connectivity index is 2.39. The fourth-order valence-corrected chi connectivity index (χ4v) is 2.94. The van der Waals surface area contributed by atoms with Gasteiger partial charge in [0.1, 0.15) is 0 Å². The van der Waals surface area contributed by atoms with Crippen LogP contribution in [0, 0.1) is 20.8 Å². The van der Waals surface area contributed by atoms with Crippen molar-refractivity contribution in [1.82, 2.24) is 0 Å². The van der Waals surface area contributed by atoms with Crippen molar-refractivity contribution in [3.05, 3.63) is 58.7 Å². The summed E-state index contributed by atoms with van der Waals surface area (Å²) in [6.07, 6.45) is 0.186. The normalized spacial score (nSPS) is 12.0. The number of esters is 1. The molecular formula is C19H23NO2. The summed E-state index contributed by atoms with van der Waals surface area (Å²) in [7, 11) is 1.38. The Hall–Kier alpha value is -2.13. The first-order valence-corrected chi connectivity index (χ1v) is 7.43. The molecule has 0 aliphatic rings. The number of carbonyl (C=O) groups is 1. The lowest BCUT2D eigenvalue weighted by Crippen LogP contribution is -2.16. The second-order valence-electron chi connectivity index (χ2n) is 5.79. The molecule has 0 heterocycles. The van der Waals surface area contributed by atoms with Crippen LogP contribution >= 0.6 is 0 Å². The number of nitrogens with two attached hydrogens (primary N) is 1. The zero-order chi connectivity index (χ0) is 16.3. The summed E-state index contributed by atoms with van der Waals surface area (Å²) in [5.41, 5.74) is 13.2. The zero-order valence-electron chi connectivity index (χ0n) is 13.6. The Morgan fingerprint density at radius 3 is 2.36 bits per heavy atom. The van der Waals surface area contributed by atoms with Crippen LogP contribution in [0.25, 0.3) is 11.1 Å². The van der Waals surface area contributed by atoms with Crippen molar-refractivity contribution in [1.29, 1.82) is 0 Å². The van der Waals surface area contributed by atoms with Crippen molar-refractivity contribution in [2.75, 3.05) is 7.11 Å². The zero-order valence-corrected chi connectivity index (χ0v) is 13.6. The molecule has 3 nitrogen and oxygen atoms in total. The van der Waals surface area contributed by atoms with Gasteiger partial charge in [0.15, 0.2) is 0 Å². The number of hydrogen-bond donors (Lipinski definition) is 1. The second-order valence-corrected chi connectivity index (χ2v) is 5.79. The summed E-state index contributed by atoms with van der Waals surface area (Å²) in [5.74, 6) is -0.291. The molecule has 0 saturated carbocycles. The fourth-order valence-electron chi connectivity index (χ4n) is 2.94. The Labute approximate surface area is 132 Å². The summed E-state index contributed by atoms with van der Waals surface area (Å²) in [6, 6.07) is 12.1. The first-order valence-electron chi connectivity index (χ1n) is 7.43. The molecule has 3 heteroatoms. The number of aryl methyl sites for hydroxylation is 3. The lowest BCUT2D eigenvalue weighted by atomic mass is 9.91.